The van der Waals surface area contributed by atoms with Gasteiger partial charge in [0.25, 0.3) is 0 Å². The highest BCUT2D eigenvalue weighted by Gasteiger charge is 2.22. The number of benzene rings is 1. The molecule has 1 saturated heterocycles. The first-order valence-electron chi connectivity index (χ1n) is 6.92. The molecule has 1 heterocycles. The molecule has 0 bridgehead atoms. The van der Waals surface area contributed by atoms with Crippen LogP contribution in [0.1, 0.15) is 24.8 Å². The number of halogens is 1. The zero-order valence-electron chi connectivity index (χ0n) is 11.7. The van der Waals surface area contributed by atoms with E-state index < -0.39 is 0 Å². The van der Waals surface area contributed by atoms with Crippen LogP contribution in [0.5, 0.6) is 5.75 Å². The fraction of sp³-hybridized carbons (Fsp3) is 0.533. The summed E-state index contributed by atoms with van der Waals surface area (Å²) >= 11 is 3.42. The monoisotopic (exact) mass is 341 g/mol. The summed E-state index contributed by atoms with van der Waals surface area (Å²) in [6.07, 6.45) is 3.34. The summed E-state index contributed by atoms with van der Waals surface area (Å²) in [6, 6.07) is 6.01. The minimum atomic E-state index is -0.239. The zero-order chi connectivity index (χ0) is 14.4. The van der Waals surface area contributed by atoms with Gasteiger partial charge in [-0.15, -0.1) is 0 Å². The van der Waals surface area contributed by atoms with E-state index in [0.717, 1.165) is 41.5 Å². The maximum absolute atomic E-state index is 11.8. The van der Waals surface area contributed by atoms with E-state index in [1.54, 1.807) is 7.11 Å². The van der Waals surface area contributed by atoms with Gasteiger partial charge in [0.2, 0.25) is 5.91 Å². The summed E-state index contributed by atoms with van der Waals surface area (Å²) in [7, 11) is 1.67. The first-order chi connectivity index (χ1) is 9.70. The fourth-order valence-electron chi connectivity index (χ4n) is 2.31. The molecule has 1 aromatic carbocycles. The second-order valence-electron chi connectivity index (χ2n) is 4.85. The van der Waals surface area contributed by atoms with E-state index in [1.165, 1.54) is 0 Å². The first-order valence-corrected chi connectivity index (χ1v) is 7.71. The number of carbonyl (C=O) groups excluding carboxylic acids is 1. The summed E-state index contributed by atoms with van der Waals surface area (Å²) in [5, 5.41) is 2.93. The second-order valence-corrected chi connectivity index (χ2v) is 5.77. The van der Waals surface area contributed by atoms with Crippen molar-refractivity contribution in [3.8, 4) is 5.75 Å². The van der Waals surface area contributed by atoms with Gasteiger partial charge in [-0.05, 0) is 43.4 Å². The van der Waals surface area contributed by atoms with Crippen LogP contribution in [0.3, 0.4) is 0 Å². The van der Waals surface area contributed by atoms with Crippen molar-refractivity contribution in [1.29, 1.82) is 0 Å². The lowest BCUT2D eigenvalue weighted by atomic mass is 10.1. The van der Waals surface area contributed by atoms with E-state index in [2.05, 4.69) is 21.2 Å². The van der Waals surface area contributed by atoms with Crippen LogP contribution in [-0.4, -0.2) is 32.3 Å². The minimum absolute atomic E-state index is 0.0188. The molecule has 0 spiro atoms. The molecule has 1 atom stereocenters. The quantitative estimate of drug-likeness (QED) is 0.809. The van der Waals surface area contributed by atoms with Gasteiger partial charge in [0, 0.05) is 17.6 Å². The van der Waals surface area contributed by atoms with Crippen molar-refractivity contribution < 1.29 is 14.3 Å². The predicted octanol–water partition coefficient (Wildman–Crippen LogP) is 2.69. The van der Waals surface area contributed by atoms with Gasteiger partial charge >= 0.3 is 0 Å². The molecule has 1 fully saturated rings. The number of carbonyl (C=O) groups is 1. The predicted molar refractivity (Wildman–Crippen MR) is 81.0 cm³/mol. The van der Waals surface area contributed by atoms with Crippen molar-refractivity contribution in [2.24, 2.45) is 0 Å². The molecule has 0 unspecified atom stereocenters. The van der Waals surface area contributed by atoms with Gasteiger partial charge in [-0.3, -0.25) is 4.79 Å². The molecule has 5 heteroatoms. The Kier molecular flexibility index (Phi) is 5.86. The number of methoxy groups -OCH3 is 1. The topological polar surface area (TPSA) is 47.6 Å². The average Bonchev–Trinajstić information content (AvgIpc) is 2.98. The lowest BCUT2D eigenvalue weighted by Gasteiger charge is -2.11. The molecule has 20 heavy (non-hydrogen) atoms. The molecule has 0 aliphatic carbocycles. The number of amides is 1. The average molecular weight is 342 g/mol. The molecule has 1 N–H and O–H groups in total. The van der Waals surface area contributed by atoms with Crippen LogP contribution < -0.4 is 10.1 Å². The highest BCUT2D eigenvalue weighted by atomic mass is 79.9. The Balaban J connectivity index is 1.74. The largest absolute Gasteiger partial charge is 0.496 e. The van der Waals surface area contributed by atoms with Crippen molar-refractivity contribution in [3.05, 3.63) is 28.2 Å². The molecular formula is C15H20BrNO3. The van der Waals surface area contributed by atoms with Crippen LogP contribution in [0.2, 0.25) is 0 Å². The number of ether oxygens (including phenoxy) is 2. The van der Waals surface area contributed by atoms with Gasteiger partial charge in [0.15, 0.2) is 0 Å². The fourth-order valence-corrected chi connectivity index (χ4v) is 2.65. The zero-order valence-corrected chi connectivity index (χ0v) is 13.2. The van der Waals surface area contributed by atoms with Crippen LogP contribution in [0.4, 0.5) is 0 Å². The normalized spacial score (nSPS) is 18.0. The minimum Gasteiger partial charge on any atom is -0.496 e. The third kappa shape index (κ3) is 4.21. The number of nitrogens with one attached hydrogen (secondary N) is 1. The third-order valence-electron chi connectivity index (χ3n) is 3.39. The molecule has 1 aromatic rings. The Morgan fingerprint density at radius 1 is 1.55 bits per heavy atom. The molecule has 0 aromatic heterocycles. The number of aryl methyl sites for hydroxylation is 1. The lowest BCUT2D eigenvalue weighted by Crippen LogP contribution is -2.34. The molecule has 110 valence electrons. The Labute approximate surface area is 128 Å². The van der Waals surface area contributed by atoms with Gasteiger partial charge in [0.1, 0.15) is 11.9 Å². The first kappa shape index (κ1) is 15.3. The molecule has 1 amide bonds. The Bertz CT molecular complexity index is 458. The summed E-state index contributed by atoms with van der Waals surface area (Å²) in [4.78, 5) is 11.8. The molecule has 2 rings (SSSR count). The van der Waals surface area contributed by atoms with E-state index in [9.17, 15) is 4.79 Å². The van der Waals surface area contributed by atoms with Crippen molar-refractivity contribution in [3.63, 3.8) is 0 Å². The van der Waals surface area contributed by atoms with Gasteiger partial charge in [-0.1, -0.05) is 22.0 Å². The van der Waals surface area contributed by atoms with Crippen LogP contribution in [0.15, 0.2) is 22.7 Å². The third-order valence-corrected chi connectivity index (χ3v) is 3.89. The molecule has 0 radical (unpaired) electrons. The van der Waals surface area contributed by atoms with Crippen LogP contribution >= 0.6 is 15.9 Å². The molecule has 1 aliphatic rings. The van der Waals surface area contributed by atoms with Crippen LogP contribution in [0.25, 0.3) is 0 Å². The SMILES string of the molecule is COc1cc(Br)ccc1CCCNC(=O)[C@@H]1CCCO1. The van der Waals surface area contributed by atoms with Crippen LogP contribution in [-0.2, 0) is 16.0 Å². The smallest absolute Gasteiger partial charge is 0.249 e. The van der Waals surface area contributed by atoms with Gasteiger partial charge in [-0.25, -0.2) is 0 Å². The lowest BCUT2D eigenvalue weighted by molar-refractivity contribution is -0.130. The van der Waals surface area contributed by atoms with E-state index in [-0.39, 0.29) is 12.0 Å². The van der Waals surface area contributed by atoms with Gasteiger partial charge in [0.05, 0.1) is 7.11 Å². The summed E-state index contributed by atoms with van der Waals surface area (Å²) < 4.78 is 11.7. The summed E-state index contributed by atoms with van der Waals surface area (Å²) in [5.41, 5.74) is 1.15. The van der Waals surface area contributed by atoms with Crippen molar-refractivity contribution in [1.82, 2.24) is 5.32 Å². The maximum atomic E-state index is 11.8. The van der Waals surface area contributed by atoms with Crippen molar-refractivity contribution >= 4 is 21.8 Å². The Hall–Kier alpha value is -1.07. The molecule has 1 aliphatic heterocycles. The van der Waals surface area contributed by atoms with Crippen LogP contribution in [0, 0.1) is 0 Å². The molecule has 0 saturated carbocycles. The highest BCUT2D eigenvalue weighted by Crippen LogP contribution is 2.24. The highest BCUT2D eigenvalue weighted by molar-refractivity contribution is 9.10. The number of hydrogen-bond donors (Lipinski definition) is 1. The number of hydrogen-bond acceptors (Lipinski definition) is 3. The standard InChI is InChI=1S/C15H20BrNO3/c1-19-14-10-12(16)7-6-11(14)4-2-8-17-15(18)13-5-3-9-20-13/h6-7,10,13H,2-5,8-9H2,1H3,(H,17,18)/t13-/m0/s1. The van der Waals surface area contributed by atoms with Crippen molar-refractivity contribution in [2.75, 3.05) is 20.3 Å². The second kappa shape index (κ2) is 7.64. The number of rotatable bonds is 6. The molecular weight excluding hydrogens is 322 g/mol. The van der Waals surface area contributed by atoms with E-state index >= 15 is 0 Å². The molecule has 4 nitrogen and oxygen atoms in total. The van der Waals surface area contributed by atoms with Gasteiger partial charge in [-0.2, -0.15) is 0 Å². The van der Waals surface area contributed by atoms with E-state index in [1.807, 2.05) is 18.2 Å². The van der Waals surface area contributed by atoms with Gasteiger partial charge < -0.3 is 14.8 Å². The Morgan fingerprint density at radius 3 is 3.10 bits per heavy atom. The van der Waals surface area contributed by atoms with E-state index in [0.29, 0.717) is 13.2 Å². The van der Waals surface area contributed by atoms with Crippen molar-refractivity contribution in [2.45, 2.75) is 31.8 Å². The Morgan fingerprint density at radius 2 is 2.40 bits per heavy atom. The summed E-state index contributed by atoms with van der Waals surface area (Å²) in [5.74, 6) is 0.898. The summed E-state index contributed by atoms with van der Waals surface area (Å²) in [6.45, 7) is 1.37. The van der Waals surface area contributed by atoms with E-state index in [4.69, 9.17) is 9.47 Å². The maximum Gasteiger partial charge on any atom is 0.249 e.